The van der Waals surface area contributed by atoms with Crippen LogP contribution in [0.1, 0.15) is 10.6 Å². The summed E-state index contributed by atoms with van der Waals surface area (Å²) >= 11 is 0. The predicted octanol–water partition coefficient (Wildman–Crippen LogP) is -2.55. The third-order valence-electron chi connectivity index (χ3n) is 0.791. The number of aromatic nitrogens is 4. The summed E-state index contributed by atoms with van der Waals surface area (Å²) < 4.78 is 0. The lowest BCUT2D eigenvalue weighted by Gasteiger charge is -1.94. The second-order valence-electron chi connectivity index (χ2n) is 1.42. The Balaban J connectivity index is 0.00000121. The molecule has 66 valence electrons. The van der Waals surface area contributed by atoms with Gasteiger partial charge in [0, 0.05) is 0 Å². The van der Waals surface area contributed by atoms with Crippen LogP contribution >= 0.6 is 0 Å². The monoisotopic (exact) mass is 176 g/mol. The molecule has 0 atom stereocenters. The van der Waals surface area contributed by atoms with Gasteiger partial charge in [0.05, 0.1) is 9.82 Å². The molecule has 0 bridgehead atoms. The fourth-order valence-electron chi connectivity index (χ4n) is 0.415. The molecule has 0 unspecified atom stereocenters. The predicted molar refractivity (Wildman–Crippen MR) is 30.5 cm³/mol. The molecule has 4 N–H and O–H groups in total. The van der Waals surface area contributed by atoms with Gasteiger partial charge in [-0.15, -0.1) is 0 Å². The molecule has 1 aromatic heterocycles. The van der Waals surface area contributed by atoms with Gasteiger partial charge in [-0.05, 0) is 0 Å². The molecule has 10 nitrogen and oxygen atoms in total. The van der Waals surface area contributed by atoms with Gasteiger partial charge in [0.1, 0.15) is 11.2 Å². The first-order chi connectivity index (χ1) is 5.13. The lowest BCUT2D eigenvalue weighted by Crippen LogP contribution is -2.29. The normalized spacial score (nSPS) is 8.67. The number of carbonyl (C=O) groups excluding carboxylic acids is 1. The summed E-state index contributed by atoms with van der Waals surface area (Å²) in [6.45, 7) is 0. The van der Waals surface area contributed by atoms with Gasteiger partial charge in [-0.25, -0.2) is 0 Å². The van der Waals surface area contributed by atoms with Crippen molar-refractivity contribution < 1.29 is 14.9 Å². The number of hydrogen-bond acceptors (Lipinski definition) is 7. The van der Waals surface area contributed by atoms with Crippen LogP contribution in [0, 0.1) is 10.1 Å². The van der Waals surface area contributed by atoms with Crippen LogP contribution in [0.3, 0.4) is 0 Å². The van der Waals surface area contributed by atoms with Crippen LogP contribution in [-0.4, -0.2) is 31.3 Å². The fourth-order valence-corrected chi connectivity index (χ4v) is 0.415. The first-order valence-corrected chi connectivity index (χ1v) is 2.27. The molecule has 0 saturated carbocycles. The third kappa shape index (κ3) is 1.49. The van der Waals surface area contributed by atoms with E-state index < -0.39 is 16.8 Å². The molecular formula is C2H4N6O4. The first kappa shape index (κ1) is 9.90. The van der Waals surface area contributed by atoms with E-state index in [1.165, 1.54) is 0 Å². The zero-order valence-corrected chi connectivity index (χ0v) is 5.87. The quantitative estimate of drug-likeness (QED) is 0.382. The smallest absolute Gasteiger partial charge is 0.271 e. The van der Waals surface area contributed by atoms with E-state index in [0.717, 1.165) is 0 Å². The maximum atomic E-state index is 10.0. The number of carboxylic acids is 1. The molecule has 1 heterocycles. The van der Waals surface area contributed by atoms with Gasteiger partial charge in [0.25, 0.3) is 5.82 Å². The number of nitrogens with zero attached hydrogens (tertiary/aromatic N) is 5. The van der Waals surface area contributed by atoms with E-state index in [9.17, 15) is 20.0 Å². The molecule has 0 aliphatic heterocycles. The highest BCUT2D eigenvalue weighted by molar-refractivity contribution is 5.80. The molecule has 0 spiro atoms. The molecule has 1 rings (SSSR count). The Labute approximate surface area is 64.5 Å². The summed E-state index contributed by atoms with van der Waals surface area (Å²) in [5.74, 6) is -2.73. The van der Waals surface area contributed by atoms with E-state index >= 15 is 0 Å². The van der Waals surface area contributed by atoms with Crippen LogP contribution in [0.15, 0.2) is 0 Å². The standard InChI is InChI=1S/C2HN5O4.H3N/c8-2(9)1-3-4-5-6(1)7(10)11;/h(H,8,9);1H3. The van der Waals surface area contributed by atoms with Gasteiger partial charge in [-0.1, -0.05) is 5.10 Å². The van der Waals surface area contributed by atoms with Crippen molar-refractivity contribution in [3.05, 3.63) is 15.9 Å². The Morgan fingerprint density at radius 3 is 2.50 bits per heavy atom. The molecule has 0 aromatic carbocycles. The van der Waals surface area contributed by atoms with Crippen LogP contribution in [0.25, 0.3) is 0 Å². The van der Waals surface area contributed by atoms with Crippen LogP contribution in [0.2, 0.25) is 0 Å². The summed E-state index contributed by atoms with van der Waals surface area (Å²) in [5.41, 5.74) is 0. The third-order valence-corrected chi connectivity index (χ3v) is 0.791. The first-order valence-electron chi connectivity index (χ1n) is 2.27. The van der Waals surface area contributed by atoms with Gasteiger partial charge in [0.15, 0.2) is 0 Å². The summed E-state index contributed by atoms with van der Waals surface area (Å²) in [7, 11) is 0. The second-order valence-corrected chi connectivity index (χ2v) is 1.42. The second kappa shape index (κ2) is 3.34. The van der Waals surface area contributed by atoms with Crippen molar-refractivity contribution in [1.82, 2.24) is 26.5 Å². The summed E-state index contributed by atoms with van der Waals surface area (Å²) in [6.07, 6.45) is 0. The fraction of sp³-hybridized carbons (Fsp3) is 0. The summed E-state index contributed by atoms with van der Waals surface area (Å²) in [4.78, 5) is 19.8. The van der Waals surface area contributed by atoms with Gasteiger partial charge >= 0.3 is 0 Å². The lowest BCUT2D eigenvalue weighted by molar-refractivity contribution is -0.554. The van der Waals surface area contributed by atoms with Crippen LogP contribution in [0.5, 0.6) is 0 Å². The van der Waals surface area contributed by atoms with Crippen molar-refractivity contribution >= 4 is 5.97 Å². The van der Waals surface area contributed by atoms with E-state index in [4.69, 9.17) is 0 Å². The maximum absolute atomic E-state index is 10.0. The average Bonchev–Trinajstić information content (AvgIpc) is 2.32. The van der Waals surface area contributed by atoms with E-state index in [1.807, 2.05) is 0 Å². The molecular weight excluding hydrogens is 172 g/mol. The van der Waals surface area contributed by atoms with Gasteiger partial charge in [-0.3, -0.25) is 0 Å². The largest absolute Gasteiger partial charge is 0.541 e. The van der Waals surface area contributed by atoms with E-state index in [1.54, 1.807) is 0 Å². The number of tetrazole rings is 1. The number of carboxylic acid groups (broad SMARTS) is 1. The topological polar surface area (TPSA) is 163 Å². The molecule has 10 heteroatoms. The minimum Gasteiger partial charge on any atom is -0.541 e. The van der Waals surface area contributed by atoms with E-state index in [-0.39, 0.29) is 10.9 Å². The minimum absolute atomic E-state index is 0. The van der Waals surface area contributed by atoms with Crippen molar-refractivity contribution in [3.63, 3.8) is 0 Å². The average molecular weight is 176 g/mol. The van der Waals surface area contributed by atoms with Crippen molar-refractivity contribution in [2.45, 2.75) is 0 Å². The van der Waals surface area contributed by atoms with E-state index in [0.29, 0.717) is 0 Å². The van der Waals surface area contributed by atoms with Crippen LogP contribution in [0.4, 0.5) is 0 Å². The van der Waals surface area contributed by atoms with Crippen molar-refractivity contribution in [1.29, 1.82) is 0 Å². The zero-order chi connectivity index (χ0) is 8.43. The highest BCUT2D eigenvalue weighted by Crippen LogP contribution is 1.86. The maximum Gasteiger partial charge on any atom is 0.271 e. The molecule has 0 aliphatic rings. The van der Waals surface area contributed by atoms with Crippen LogP contribution in [-0.2, 0) is 0 Å². The summed E-state index contributed by atoms with van der Waals surface area (Å²) in [5, 5.41) is 27.2. The van der Waals surface area contributed by atoms with Gasteiger partial charge in [0.2, 0.25) is 5.21 Å². The molecule has 0 radical (unpaired) electrons. The number of carbonyl (C=O) groups is 1. The highest BCUT2D eigenvalue weighted by Gasteiger charge is 2.15. The van der Waals surface area contributed by atoms with Gasteiger partial charge in [-0.2, -0.15) is 0 Å². The van der Waals surface area contributed by atoms with Crippen molar-refractivity contribution in [2.75, 3.05) is 0 Å². The lowest BCUT2D eigenvalue weighted by atomic mass is 10.6. The Hall–Kier alpha value is -2.10. The van der Waals surface area contributed by atoms with Crippen molar-refractivity contribution in [2.24, 2.45) is 0 Å². The molecule has 0 fully saturated rings. The minimum atomic E-state index is -1.80. The highest BCUT2D eigenvalue weighted by atomic mass is 16.7. The summed E-state index contributed by atoms with van der Waals surface area (Å²) in [6, 6.07) is 0. The number of aromatic carboxylic acids is 1. The molecule has 0 saturated heterocycles. The number of rotatable bonds is 2. The Kier molecular flexibility index (Phi) is 2.75. The zero-order valence-electron chi connectivity index (χ0n) is 5.87. The Morgan fingerprint density at radius 1 is 1.58 bits per heavy atom. The number of quaternary nitrogens is 1. The Morgan fingerprint density at radius 2 is 2.17 bits per heavy atom. The number of hydrogen-bond donors (Lipinski definition) is 1. The SMILES string of the molecule is O=C([O-])c1nnnn1[N+](=O)[O-].[NH4+]. The molecule has 12 heavy (non-hydrogen) atoms. The van der Waals surface area contributed by atoms with Crippen LogP contribution < -0.4 is 11.3 Å². The van der Waals surface area contributed by atoms with E-state index in [2.05, 4.69) is 15.5 Å². The Bertz CT molecular complexity index is 276. The molecule has 0 aliphatic carbocycles. The van der Waals surface area contributed by atoms with Gasteiger partial charge < -0.3 is 26.2 Å². The number of nitro groups is 1. The molecule has 0 amide bonds. The molecule has 1 aromatic rings. The van der Waals surface area contributed by atoms with Crippen molar-refractivity contribution in [3.8, 4) is 0 Å².